The second kappa shape index (κ2) is 61.6. The minimum absolute atomic E-state index is 0.101. The van der Waals surface area contributed by atoms with Gasteiger partial charge < -0.3 is 33.8 Å². The predicted octanol–water partition coefficient (Wildman–Crippen LogP) is 20.5. The van der Waals surface area contributed by atoms with Crippen LogP contribution in [0.4, 0.5) is 0 Å². The summed E-state index contributed by atoms with van der Waals surface area (Å²) in [6, 6.07) is 0. The van der Waals surface area contributed by atoms with Crippen molar-refractivity contribution in [2.75, 3.05) is 39.6 Å². The normalized spacial score (nSPS) is 14.2. The van der Waals surface area contributed by atoms with Gasteiger partial charge in [-0.25, -0.2) is 9.13 Å². The Hall–Kier alpha value is -1.94. The lowest BCUT2D eigenvalue weighted by Gasteiger charge is -2.21. The quantitative estimate of drug-likeness (QED) is 0.0222. The molecular formula is C72H140O17P2. The average molecular weight is 1340 g/mol. The second-order valence-corrected chi connectivity index (χ2v) is 30.8. The molecule has 3 N–H and O–H groups in total. The van der Waals surface area contributed by atoms with Crippen LogP contribution in [0.3, 0.4) is 0 Å². The van der Waals surface area contributed by atoms with Gasteiger partial charge in [0.25, 0.3) is 0 Å². The molecule has 5 atom stereocenters. The van der Waals surface area contributed by atoms with Gasteiger partial charge in [-0.3, -0.25) is 37.3 Å². The summed E-state index contributed by atoms with van der Waals surface area (Å²) in [6.07, 6.45) is 44.7. The summed E-state index contributed by atoms with van der Waals surface area (Å²) in [5.74, 6) is 0.817. The summed E-state index contributed by atoms with van der Waals surface area (Å²) in [6.45, 7) is 14.0. The van der Waals surface area contributed by atoms with E-state index in [1.165, 1.54) is 154 Å². The number of carbonyl (C=O) groups is 4. The highest BCUT2D eigenvalue weighted by Gasteiger charge is 2.30. The lowest BCUT2D eigenvalue weighted by molar-refractivity contribution is -0.161. The summed E-state index contributed by atoms with van der Waals surface area (Å²) in [4.78, 5) is 72.5. The molecule has 0 aromatic heterocycles. The molecule has 0 aliphatic heterocycles. The first kappa shape index (κ1) is 89.1. The molecule has 0 spiro atoms. The number of phosphoric ester groups is 2. The molecule has 0 aliphatic carbocycles. The molecule has 0 aromatic carbocycles. The summed E-state index contributed by atoms with van der Waals surface area (Å²) >= 11 is 0. The van der Waals surface area contributed by atoms with Crippen LogP contribution in [0.5, 0.6) is 0 Å². The van der Waals surface area contributed by atoms with Crippen molar-refractivity contribution in [1.82, 2.24) is 0 Å². The first-order valence-electron chi connectivity index (χ1n) is 37.2. The fourth-order valence-electron chi connectivity index (χ4n) is 10.8. The number of aliphatic hydroxyl groups excluding tert-OH is 1. The smallest absolute Gasteiger partial charge is 0.462 e. The number of aliphatic hydroxyl groups is 1. The average Bonchev–Trinajstić information content (AvgIpc) is 2.75. The molecule has 19 heteroatoms. The molecule has 0 bridgehead atoms. The third-order valence-corrected chi connectivity index (χ3v) is 18.5. The number of rotatable bonds is 69. The number of hydrogen-bond donors (Lipinski definition) is 3. The van der Waals surface area contributed by atoms with Crippen LogP contribution in [0.2, 0.25) is 0 Å². The Balaban J connectivity index is 5.22. The Morgan fingerprint density at radius 1 is 0.275 bits per heavy atom. The van der Waals surface area contributed by atoms with E-state index in [2.05, 4.69) is 55.4 Å². The molecule has 0 saturated heterocycles. The molecule has 0 aromatic rings. The highest BCUT2D eigenvalue weighted by atomic mass is 31.2. The zero-order valence-electron chi connectivity index (χ0n) is 59.5. The monoisotopic (exact) mass is 1340 g/mol. The van der Waals surface area contributed by atoms with Crippen LogP contribution >= 0.6 is 15.6 Å². The largest absolute Gasteiger partial charge is 0.472 e. The number of ether oxygens (including phenoxy) is 4. The third-order valence-electron chi connectivity index (χ3n) is 16.6. The van der Waals surface area contributed by atoms with E-state index in [0.717, 1.165) is 108 Å². The molecule has 0 amide bonds. The van der Waals surface area contributed by atoms with Crippen LogP contribution < -0.4 is 0 Å². The fraction of sp³-hybridized carbons (Fsp3) is 0.944. The van der Waals surface area contributed by atoms with Crippen molar-refractivity contribution in [2.24, 2.45) is 23.7 Å². The molecule has 0 radical (unpaired) electrons. The van der Waals surface area contributed by atoms with Gasteiger partial charge in [0.05, 0.1) is 26.4 Å². The number of carbonyl (C=O) groups excluding carboxylic acids is 4. The topological polar surface area (TPSA) is 237 Å². The molecular weight excluding hydrogens is 1200 g/mol. The van der Waals surface area contributed by atoms with Gasteiger partial charge >= 0.3 is 39.5 Å². The van der Waals surface area contributed by atoms with Gasteiger partial charge in [0.1, 0.15) is 19.3 Å². The van der Waals surface area contributed by atoms with E-state index >= 15 is 0 Å². The van der Waals surface area contributed by atoms with E-state index in [1.54, 1.807) is 0 Å². The van der Waals surface area contributed by atoms with Crippen molar-refractivity contribution >= 4 is 39.5 Å². The Morgan fingerprint density at radius 3 is 0.681 bits per heavy atom. The predicted molar refractivity (Wildman–Crippen MR) is 367 cm³/mol. The minimum Gasteiger partial charge on any atom is -0.462 e. The molecule has 3 unspecified atom stereocenters. The summed E-state index contributed by atoms with van der Waals surface area (Å²) in [5, 5.41) is 10.6. The van der Waals surface area contributed by atoms with Crippen molar-refractivity contribution in [3.63, 3.8) is 0 Å². The summed E-state index contributed by atoms with van der Waals surface area (Å²) in [5.41, 5.74) is 0. The Bertz CT molecular complexity index is 1800. The van der Waals surface area contributed by atoms with Crippen LogP contribution in [0.1, 0.15) is 357 Å². The van der Waals surface area contributed by atoms with Crippen molar-refractivity contribution in [1.29, 1.82) is 0 Å². The SMILES string of the molecule is CC(C)CCCCCCCCCCCCCCCCCC(=O)O[C@H](COC(=O)CCCCCCCCCCCCCC(C)C)COP(=O)(O)OCC(O)COP(=O)(O)OC[C@@H](COC(=O)CCCCCCCCCC(C)C)OC(=O)CCCCCCCCC(C)C. The standard InChI is InChI=1S/C72H140O17P2/c1-62(2)48-40-32-24-19-15-12-10-9-11-13-17-22-28-38-46-54-71(76)88-67(58-82-69(74)52-44-36-27-21-18-14-16-20-25-33-41-49-63(3)4)60-86-90(78,79)84-56-66(73)57-85-91(80,81)87-61-68(89-72(77)55-47-39-31-30-35-43-51-65(7)8)59-83-70(75)53-45-37-29-23-26-34-42-50-64(5)6/h62-68,73H,9-61H2,1-8H3,(H,78,79)(H,80,81)/t66?,67-,68-/m1/s1. The van der Waals surface area contributed by atoms with Gasteiger partial charge in [-0.05, 0) is 49.4 Å². The highest BCUT2D eigenvalue weighted by molar-refractivity contribution is 7.47. The van der Waals surface area contributed by atoms with Crippen molar-refractivity contribution in [3.8, 4) is 0 Å². The lowest BCUT2D eigenvalue weighted by atomic mass is 10.0. The highest BCUT2D eigenvalue weighted by Crippen LogP contribution is 2.45. The molecule has 17 nitrogen and oxygen atoms in total. The number of unbranched alkanes of at least 4 members (excludes halogenated alkanes) is 35. The zero-order valence-corrected chi connectivity index (χ0v) is 61.3. The van der Waals surface area contributed by atoms with Crippen LogP contribution in [-0.2, 0) is 65.4 Å². The lowest BCUT2D eigenvalue weighted by Crippen LogP contribution is -2.30. The van der Waals surface area contributed by atoms with E-state index in [0.29, 0.717) is 37.5 Å². The number of phosphoric acid groups is 2. The van der Waals surface area contributed by atoms with E-state index in [4.69, 9.17) is 37.0 Å². The zero-order chi connectivity index (χ0) is 67.5. The van der Waals surface area contributed by atoms with Crippen molar-refractivity contribution in [3.05, 3.63) is 0 Å². The molecule has 0 rings (SSSR count). The Labute approximate surface area is 556 Å². The molecule has 91 heavy (non-hydrogen) atoms. The van der Waals surface area contributed by atoms with E-state index in [9.17, 15) is 43.2 Å². The van der Waals surface area contributed by atoms with Crippen molar-refractivity contribution < 1.29 is 80.2 Å². The van der Waals surface area contributed by atoms with E-state index in [-0.39, 0.29) is 25.7 Å². The van der Waals surface area contributed by atoms with E-state index < -0.39 is 97.5 Å². The third kappa shape index (κ3) is 66.5. The Morgan fingerprint density at radius 2 is 0.462 bits per heavy atom. The summed E-state index contributed by atoms with van der Waals surface area (Å²) < 4.78 is 68.3. The van der Waals surface area contributed by atoms with Crippen LogP contribution in [0.25, 0.3) is 0 Å². The first-order valence-corrected chi connectivity index (χ1v) is 40.2. The molecule has 0 aliphatic rings. The van der Waals surface area contributed by atoms with Gasteiger partial charge in [0, 0.05) is 25.7 Å². The van der Waals surface area contributed by atoms with Crippen LogP contribution in [0.15, 0.2) is 0 Å². The van der Waals surface area contributed by atoms with Gasteiger partial charge in [0.15, 0.2) is 12.2 Å². The maximum atomic E-state index is 13.0. The molecule has 0 heterocycles. The van der Waals surface area contributed by atoms with Gasteiger partial charge in [-0.15, -0.1) is 0 Å². The minimum atomic E-state index is -4.95. The molecule has 0 fully saturated rings. The van der Waals surface area contributed by atoms with E-state index in [1.807, 2.05) is 0 Å². The molecule has 540 valence electrons. The Kier molecular flexibility index (Phi) is 60.3. The summed E-state index contributed by atoms with van der Waals surface area (Å²) in [7, 11) is -9.90. The second-order valence-electron chi connectivity index (χ2n) is 27.9. The molecule has 0 saturated carbocycles. The van der Waals surface area contributed by atoms with Gasteiger partial charge in [-0.1, -0.05) is 306 Å². The maximum Gasteiger partial charge on any atom is 0.472 e. The number of hydrogen-bond acceptors (Lipinski definition) is 15. The van der Waals surface area contributed by atoms with Crippen molar-refractivity contribution in [2.45, 2.75) is 375 Å². The van der Waals surface area contributed by atoms with Crippen LogP contribution in [0, 0.1) is 23.7 Å². The van der Waals surface area contributed by atoms with Crippen LogP contribution in [-0.4, -0.2) is 96.7 Å². The maximum absolute atomic E-state index is 13.0. The van der Waals surface area contributed by atoms with Gasteiger partial charge in [0.2, 0.25) is 0 Å². The van der Waals surface area contributed by atoms with Gasteiger partial charge in [-0.2, -0.15) is 0 Å². The number of esters is 4. The fourth-order valence-corrected chi connectivity index (χ4v) is 12.4. The first-order chi connectivity index (χ1) is 43.6.